The minimum Gasteiger partial charge on any atom is -0.841 e. The van der Waals surface area contributed by atoms with E-state index in [1.165, 1.54) is 0 Å². The SMILES string of the molecule is NCP([O-])[O-].[Na+].[Na+]. The molecule has 0 aromatic carbocycles. The predicted molar refractivity (Wildman–Crippen MR) is 16.0 cm³/mol. The summed E-state index contributed by atoms with van der Waals surface area (Å²) in [6.07, 6.45) is -0.241. The van der Waals surface area contributed by atoms with Crippen LogP contribution in [0.5, 0.6) is 0 Å². The summed E-state index contributed by atoms with van der Waals surface area (Å²) in [5.74, 6) is 0. The van der Waals surface area contributed by atoms with E-state index in [4.69, 9.17) is 0 Å². The van der Waals surface area contributed by atoms with Crippen LogP contribution in [-0.2, 0) is 0 Å². The molecule has 0 aliphatic heterocycles. The number of hydrogen-bond acceptors (Lipinski definition) is 3. The Bertz CT molecular complexity index is 29.7. The van der Waals surface area contributed by atoms with E-state index in [1.54, 1.807) is 0 Å². The van der Waals surface area contributed by atoms with Gasteiger partial charge in [0.25, 0.3) is 0 Å². The minimum atomic E-state index is -2.32. The fourth-order valence-corrected chi connectivity index (χ4v) is 0. The summed E-state index contributed by atoms with van der Waals surface area (Å²) in [5, 5.41) is 0. The van der Waals surface area contributed by atoms with Crippen molar-refractivity contribution in [2.45, 2.75) is 0 Å². The van der Waals surface area contributed by atoms with Crippen LogP contribution >= 0.6 is 8.38 Å². The van der Waals surface area contributed by atoms with E-state index >= 15 is 0 Å². The fourth-order valence-electron chi connectivity index (χ4n) is 0. The Balaban J connectivity index is -0.0000000800. The molecular weight excluding hydrogens is 135 g/mol. The van der Waals surface area contributed by atoms with E-state index in [-0.39, 0.29) is 65.4 Å². The monoisotopic (exact) mass is 139 g/mol. The first-order chi connectivity index (χ1) is 2.27. The second kappa shape index (κ2) is 11.2. The molecule has 0 bridgehead atoms. The van der Waals surface area contributed by atoms with Gasteiger partial charge in [0.2, 0.25) is 0 Å². The van der Waals surface area contributed by atoms with Crippen molar-refractivity contribution >= 4 is 8.38 Å². The molecule has 2 N–H and O–H groups in total. The zero-order chi connectivity index (χ0) is 4.28. The van der Waals surface area contributed by atoms with Crippen molar-refractivity contribution in [3.63, 3.8) is 0 Å². The van der Waals surface area contributed by atoms with Gasteiger partial charge in [0, 0.05) is 0 Å². The standard InChI is InChI=1S/CH4NO2P.2Na/c2-1-5(3)4;;/h1-2H2;;/q-2;2*+1. The first-order valence-corrected chi connectivity index (χ1v) is 2.45. The second-order valence-electron chi connectivity index (χ2n) is 0.515. The molecular formula is CH4NNa2O2P. The zero-order valence-electron chi connectivity index (χ0n) is 4.55. The maximum absolute atomic E-state index is 9.28. The Hall–Kier alpha value is 2.31. The van der Waals surface area contributed by atoms with Crippen molar-refractivity contribution in [3.8, 4) is 0 Å². The third-order valence-electron chi connectivity index (χ3n) is 0.149. The molecule has 0 aromatic heterocycles. The molecule has 0 aliphatic rings. The van der Waals surface area contributed by atoms with Gasteiger partial charge in [0.05, 0.1) is 0 Å². The number of nitrogens with two attached hydrogens (primary N) is 1. The normalized spacial score (nSPS) is 6.86. The summed E-state index contributed by atoms with van der Waals surface area (Å²) in [6, 6.07) is 0. The predicted octanol–water partition coefficient (Wildman–Crippen LogP) is -8.06. The van der Waals surface area contributed by atoms with Gasteiger partial charge in [0.1, 0.15) is 0 Å². The summed E-state index contributed by atoms with van der Waals surface area (Å²) in [4.78, 5) is 18.6. The average molecular weight is 139 g/mol. The van der Waals surface area contributed by atoms with Gasteiger partial charge in [-0.25, -0.2) is 0 Å². The maximum Gasteiger partial charge on any atom is 1.00 e. The number of rotatable bonds is 1. The average Bonchev–Trinajstić information content (AvgIpc) is 1.38. The summed E-state index contributed by atoms with van der Waals surface area (Å²) in [6.45, 7) is 0. The Morgan fingerprint density at radius 1 is 1.29 bits per heavy atom. The molecule has 32 valence electrons. The summed E-state index contributed by atoms with van der Waals surface area (Å²) < 4.78 is 0. The van der Waals surface area contributed by atoms with Gasteiger partial charge in [-0.2, -0.15) is 0 Å². The van der Waals surface area contributed by atoms with Gasteiger partial charge in [-0.1, -0.05) is 0 Å². The minimum absolute atomic E-state index is 0. The molecule has 0 aromatic rings. The zero-order valence-corrected chi connectivity index (χ0v) is 9.44. The summed E-state index contributed by atoms with van der Waals surface area (Å²) in [7, 11) is -2.32. The molecule has 0 aliphatic carbocycles. The molecule has 0 fully saturated rings. The van der Waals surface area contributed by atoms with Gasteiger partial charge in [0.15, 0.2) is 0 Å². The van der Waals surface area contributed by atoms with Crippen LogP contribution in [0.15, 0.2) is 0 Å². The van der Waals surface area contributed by atoms with Gasteiger partial charge in [-0.3, -0.25) is 8.38 Å². The first-order valence-electron chi connectivity index (χ1n) is 1.09. The quantitative estimate of drug-likeness (QED) is 0.289. The molecule has 6 heteroatoms. The largest absolute Gasteiger partial charge is 1.00 e. The van der Waals surface area contributed by atoms with Crippen LogP contribution in [0.25, 0.3) is 0 Å². The number of hydrogen-bond donors (Lipinski definition) is 1. The van der Waals surface area contributed by atoms with E-state index in [0.29, 0.717) is 0 Å². The van der Waals surface area contributed by atoms with Crippen molar-refractivity contribution in [2.24, 2.45) is 5.73 Å². The molecule has 0 spiro atoms. The van der Waals surface area contributed by atoms with Crippen LogP contribution in [0, 0.1) is 0 Å². The molecule has 0 unspecified atom stereocenters. The van der Waals surface area contributed by atoms with Crippen molar-refractivity contribution in [1.82, 2.24) is 0 Å². The Kier molecular flexibility index (Phi) is 25.7. The van der Waals surface area contributed by atoms with Crippen molar-refractivity contribution in [3.05, 3.63) is 0 Å². The van der Waals surface area contributed by atoms with Crippen LogP contribution in [0.2, 0.25) is 0 Å². The van der Waals surface area contributed by atoms with E-state index in [9.17, 15) is 9.79 Å². The van der Waals surface area contributed by atoms with Crippen LogP contribution in [0.4, 0.5) is 0 Å². The van der Waals surface area contributed by atoms with Crippen molar-refractivity contribution in [2.75, 3.05) is 6.29 Å². The van der Waals surface area contributed by atoms with Gasteiger partial charge in [-0.05, 0) is 6.29 Å². The molecule has 0 radical (unpaired) electrons. The molecule has 0 amide bonds. The van der Waals surface area contributed by atoms with E-state index in [0.717, 1.165) is 0 Å². The van der Waals surface area contributed by atoms with Crippen molar-refractivity contribution in [1.29, 1.82) is 0 Å². The van der Waals surface area contributed by atoms with Crippen molar-refractivity contribution < 1.29 is 68.9 Å². The van der Waals surface area contributed by atoms with E-state index < -0.39 is 8.38 Å². The summed E-state index contributed by atoms with van der Waals surface area (Å²) in [5.41, 5.74) is 4.58. The Morgan fingerprint density at radius 2 is 1.43 bits per heavy atom. The molecule has 0 heterocycles. The molecule has 7 heavy (non-hydrogen) atoms. The van der Waals surface area contributed by atoms with Crippen LogP contribution in [0.3, 0.4) is 0 Å². The van der Waals surface area contributed by atoms with E-state index in [2.05, 4.69) is 5.73 Å². The molecule has 0 rings (SSSR count). The third kappa shape index (κ3) is 17.8. The third-order valence-corrected chi connectivity index (χ3v) is 0.447. The van der Waals surface area contributed by atoms with Gasteiger partial charge < -0.3 is 15.5 Å². The molecule has 0 saturated heterocycles. The van der Waals surface area contributed by atoms with Crippen LogP contribution in [-0.4, -0.2) is 6.29 Å². The Labute approximate surface area is 88.2 Å². The molecule has 0 atom stereocenters. The first kappa shape index (κ1) is 16.1. The summed E-state index contributed by atoms with van der Waals surface area (Å²) >= 11 is 0. The van der Waals surface area contributed by atoms with Crippen LogP contribution < -0.4 is 74.6 Å². The Morgan fingerprint density at radius 3 is 1.43 bits per heavy atom. The van der Waals surface area contributed by atoms with Crippen LogP contribution in [0.1, 0.15) is 0 Å². The van der Waals surface area contributed by atoms with Gasteiger partial charge in [-0.15, -0.1) is 0 Å². The molecule has 3 nitrogen and oxygen atoms in total. The smallest absolute Gasteiger partial charge is 0.841 e. The maximum atomic E-state index is 9.28. The fraction of sp³-hybridized carbons (Fsp3) is 1.00. The molecule has 0 saturated carbocycles. The van der Waals surface area contributed by atoms with Gasteiger partial charge >= 0.3 is 59.1 Å². The van der Waals surface area contributed by atoms with E-state index in [1.807, 2.05) is 0 Å². The second-order valence-corrected chi connectivity index (χ2v) is 1.55. The topological polar surface area (TPSA) is 72.1 Å².